The third-order valence-corrected chi connectivity index (χ3v) is 4.13. The van der Waals surface area contributed by atoms with Crippen LogP contribution >= 0.6 is 15.9 Å². The Morgan fingerprint density at radius 3 is 2.68 bits per heavy atom. The van der Waals surface area contributed by atoms with Gasteiger partial charge in [-0.05, 0) is 35.9 Å². The number of tetrazole rings is 1. The van der Waals surface area contributed by atoms with Crippen molar-refractivity contribution in [3.63, 3.8) is 0 Å². The number of halogens is 1. The Labute approximate surface area is 119 Å². The monoisotopic (exact) mass is 345 g/mol. The highest BCUT2D eigenvalue weighted by atomic mass is 79.9. The molecule has 0 atom stereocenters. The van der Waals surface area contributed by atoms with Crippen LogP contribution < -0.4 is 4.72 Å². The maximum Gasteiger partial charge on any atom is 0.241 e. The average Bonchev–Trinajstić information content (AvgIpc) is 2.71. The van der Waals surface area contributed by atoms with Crippen LogP contribution in [0.15, 0.2) is 27.6 Å². The highest BCUT2D eigenvalue weighted by Gasteiger charge is 2.16. The predicted octanol–water partition coefficient (Wildman–Crippen LogP) is 0.760. The van der Waals surface area contributed by atoms with E-state index in [2.05, 4.69) is 36.1 Å². The first kappa shape index (κ1) is 14.1. The van der Waals surface area contributed by atoms with E-state index < -0.39 is 10.0 Å². The Bertz CT molecular complexity index is 677. The molecule has 7 nitrogen and oxygen atoms in total. The Morgan fingerprint density at radius 1 is 1.37 bits per heavy atom. The second-order valence-electron chi connectivity index (χ2n) is 3.98. The highest BCUT2D eigenvalue weighted by molar-refractivity contribution is 9.10. The zero-order valence-corrected chi connectivity index (χ0v) is 12.7. The Morgan fingerprint density at radius 2 is 2.11 bits per heavy atom. The fraction of sp³-hybridized carbons (Fsp3) is 0.300. The van der Waals surface area contributed by atoms with Crippen molar-refractivity contribution in [2.75, 3.05) is 0 Å². The number of sulfonamides is 1. The van der Waals surface area contributed by atoms with Crippen molar-refractivity contribution < 1.29 is 8.42 Å². The molecule has 19 heavy (non-hydrogen) atoms. The largest absolute Gasteiger partial charge is 0.241 e. The molecular weight excluding hydrogens is 334 g/mol. The molecule has 1 heterocycles. The third kappa shape index (κ3) is 3.58. The van der Waals surface area contributed by atoms with E-state index >= 15 is 0 Å². The van der Waals surface area contributed by atoms with Crippen LogP contribution in [0, 0.1) is 6.92 Å². The summed E-state index contributed by atoms with van der Waals surface area (Å²) in [7, 11) is -1.98. The summed E-state index contributed by atoms with van der Waals surface area (Å²) >= 11 is 3.27. The maximum absolute atomic E-state index is 12.1. The van der Waals surface area contributed by atoms with Crippen molar-refractivity contribution in [3.8, 4) is 0 Å². The van der Waals surface area contributed by atoms with Gasteiger partial charge in [0.25, 0.3) is 0 Å². The SMILES string of the molecule is Cc1cc(Br)cc(S(=O)(=O)NCc2nnn(C)n2)c1. The minimum atomic E-state index is -3.59. The number of aryl methyl sites for hydroxylation is 2. The number of nitrogens with zero attached hydrogens (tertiary/aromatic N) is 4. The van der Waals surface area contributed by atoms with E-state index in [9.17, 15) is 8.42 Å². The molecule has 0 aliphatic heterocycles. The molecule has 1 aromatic heterocycles. The summed E-state index contributed by atoms with van der Waals surface area (Å²) in [6.07, 6.45) is 0. The van der Waals surface area contributed by atoms with Crippen LogP contribution in [-0.2, 0) is 23.6 Å². The van der Waals surface area contributed by atoms with E-state index in [1.54, 1.807) is 19.2 Å². The minimum absolute atomic E-state index is 0.00172. The van der Waals surface area contributed by atoms with Gasteiger partial charge in [-0.1, -0.05) is 15.9 Å². The molecule has 102 valence electrons. The first-order chi connectivity index (χ1) is 8.87. The molecule has 0 bridgehead atoms. The summed E-state index contributed by atoms with van der Waals surface area (Å²) in [5, 5.41) is 11.2. The van der Waals surface area contributed by atoms with Gasteiger partial charge in [0.1, 0.15) is 0 Å². The lowest BCUT2D eigenvalue weighted by Gasteiger charge is -2.06. The number of nitrogens with one attached hydrogen (secondary N) is 1. The predicted molar refractivity (Wildman–Crippen MR) is 71.7 cm³/mol. The first-order valence-corrected chi connectivity index (χ1v) is 7.64. The van der Waals surface area contributed by atoms with E-state index in [-0.39, 0.29) is 11.4 Å². The molecule has 0 aliphatic carbocycles. The molecule has 0 fully saturated rings. The van der Waals surface area contributed by atoms with Gasteiger partial charge in [0.2, 0.25) is 10.0 Å². The number of hydrogen-bond donors (Lipinski definition) is 1. The normalized spacial score (nSPS) is 11.7. The molecule has 0 unspecified atom stereocenters. The summed E-state index contributed by atoms with van der Waals surface area (Å²) in [6, 6.07) is 4.97. The molecule has 0 amide bonds. The van der Waals surface area contributed by atoms with Gasteiger partial charge in [-0.15, -0.1) is 10.2 Å². The van der Waals surface area contributed by atoms with Crippen LogP contribution in [0.3, 0.4) is 0 Å². The first-order valence-electron chi connectivity index (χ1n) is 5.36. The fourth-order valence-corrected chi connectivity index (χ4v) is 3.36. The standard InChI is InChI=1S/C10H12BrN5O2S/c1-7-3-8(11)5-9(4-7)19(17,18)12-6-10-13-15-16(2)14-10/h3-5,12H,6H2,1-2H3. The molecule has 0 spiro atoms. The number of rotatable bonds is 4. The lowest BCUT2D eigenvalue weighted by Crippen LogP contribution is -2.24. The van der Waals surface area contributed by atoms with Crippen LogP contribution in [0.4, 0.5) is 0 Å². The molecule has 2 rings (SSSR count). The van der Waals surface area contributed by atoms with E-state index in [0.29, 0.717) is 10.3 Å². The quantitative estimate of drug-likeness (QED) is 0.883. The van der Waals surface area contributed by atoms with Crippen LogP contribution in [-0.4, -0.2) is 28.6 Å². The van der Waals surface area contributed by atoms with Crippen molar-refractivity contribution in [2.45, 2.75) is 18.4 Å². The zero-order valence-electron chi connectivity index (χ0n) is 10.3. The lowest BCUT2D eigenvalue weighted by molar-refractivity contribution is 0.578. The molecule has 0 saturated carbocycles. The smallest absolute Gasteiger partial charge is 0.207 e. The number of hydrogen-bond acceptors (Lipinski definition) is 5. The summed E-state index contributed by atoms with van der Waals surface area (Å²) in [6.45, 7) is 1.83. The Kier molecular flexibility index (Phi) is 3.97. The average molecular weight is 346 g/mol. The van der Waals surface area contributed by atoms with Gasteiger partial charge >= 0.3 is 0 Å². The third-order valence-electron chi connectivity index (χ3n) is 2.30. The summed E-state index contributed by atoms with van der Waals surface area (Å²) < 4.78 is 27.3. The highest BCUT2D eigenvalue weighted by Crippen LogP contribution is 2.19. The van der Waals surface area contributed by atoms with Crippen LogP contribution in [0.25, 0.3) is 0 Å². The van der Waals surface area contributed by atoms with Gasteiger partial charge in [0.15, 0.2) is 5.82 Å². The molecule has 0 radical (unpaired) electrons. The fourth-order valence-electron chi connectivity index (χ4n) is 1.49. The number of benzene rings is 1. The molecule has 1 aromatic carbocycles. The van der Waals surface area contributed by atoms with Gasteiger partial charge in [-0.2, -0.15) is 4.80 Å². The van der Waals surface area contributed by atoms with Gasteiger partial charge < -0.3 is 0 Å². The van der Waals surface area contributed by atoms with Gasteiger partial charge in [-0.3, -0.25) is 0 Å². The molecule has 2 aromatic rings. The van der Waals surface area contributed by atoms with E-state index in [0.717, 1.165) is 5.56 Å². The molecular formula is C10H12BrN5O2S. The van der Waals surface area contributed by atoms with Crippen LogP contribution in [0.5, 0.6) is 0 Å². The lowest BCUT2D eigenvalue weighted by atomic mass is 10.2. The topological polar surface area (TPSA) is 89.8 Å². The van der Waals surface area contributed by atoms with E-state index in [1.807, 2.05) is 13.0 Å². The van der Waals surface area contributed by atoms with Crippen LogP contribution in [0.1, 0.15) is 11.4 Å². The molecule has 0 saturated heterocycles. The van der Waals surface area contributed by atoms with E-state index in [1.165, 1.54) is 4.80 Å². The second kappa shape index (κ2) is 5.35. The van der Waals surface area contributed by atoms with Gasteiger partial charge in [-0.25, -0.2) is 13.1 Å². The van der Waals surface area contributed by atoms with E-state index in [4.69, 9.17) is 0 Å². The Hall–Kier alpha value is -1.32. The summed E-state index contributed by atoms with van der Waals surface area (Å²) in [4.78, 5) is 1.47. The summed E-state index contributed by atoms with van der Waals surface area (Å²) in [5.41, 5.74) is 0.854. The molecule has 0 aliphatic rings. The van der Waals surface area contributed by atoms with Gasteiger partial charge in [0, 0.05) is 4.47 Å². The second-order valence-corrected chi connectivity index (χ2v) is 6.67. The van der Waals surface area contributed by atoms with Crippen molar-refractivity contribution in [2.24, 2.45) is 7.05 Å². The van der Waals surface area contributed by atoms with Crippen molar-refractivity contribution in [1.29, 1.82) is 0 Å². The molecule has 9 heteroatoms. The van der Waals surface area contributed by atoms with Gasteiger partial charge in [0.05, 0.1) is 18.5 Å². The number of aromatic nitrogens is 4. The van der Waals surface area contributed by atoms with Crippen molar-refractivity contribution in [3.05, 3.63) is 34.1 Å². The zero-order chi connectivity index (χ0) is 14.0. The van der Waals surface area contributed by atoms with Crippen molar-refractivity contribution >= 4 is 26.0 Å². The summed E-state index contributed by atoms with van der Waals surface area (Å²) in [5.74, 6) is 0.317. The molecule has 1 N–H and O–H groups in total. The van der Waals surface area contributed by atoms with Crippen LogP contribution in [0.2, 0.25) is 0 Å². The Balaban J connectivity index is 2.18. The maximum atomic E-state index is 12.1. The van der Waals surface area contributed by atoms with Crippen molar-refractivity contribution in [1.82, 2.24) is 24.9 Å². The minimum Gasteiger partial charge on any atom is -0.207 e.